The first kappa shape index (κ1) is 54.0. The molecule has 0 fully saturated rings. The molecule has 3 unspecified atom stereocenters. The summed E-state index contributed by atoms with van der Waals surface area (Å²) in [7, 11) is 1.25. The molecule has 0 bridgehead atoms. The Kier molecular flexibility index (Phi) is 37.8. The number of aliphatic hydroxyl groups excluding tert-OH is 1. The van der Waals surface area contributed by atoms with E-state index in [0.717, 1.165) is 38.5 Å². The summed E-state index contributed by atoms with van der Waals surface area (Å²) < 4.78 is 23.1. The second kappa shape index (κ2) is 38.5. The quantitative estimate of drug-likeness (QED) is 0.0276. The number of nitrogens with zero attached hydrogens (tertiary/aromatic N) is 1. The molecule has 0 aromatic heterocycles. The lowest BCUT2D eigenvalue weighted by Gasteiger charge is -2.29. The van der Waals surface area contributed by atoms with Gasteiger partial charge >= 0.3 is 0 Å². The molecule has 0 aliphatic rings. The number of hydrogen-bond acceptors (Lipinski definition) is 6. The Bertz CT molecular complexity index is 953. The Morgan fingerprint density at radius 1 is 0.618 bits per heavy atom. The van der Waals surface area contributed by atoms with E-state index < -0.39 is 26.6 Å². The van der Waals surface area contributed by atoms with Crippen molar-refractivity contribution in [1.82, 2.24) is 5.32 Å². The lowest BCUT2D eigenvalue weighted by atomic mass is 10.0. The van der Waals surface area contributed by atoms with E-state index in [1.807, 2.05) is 27.2 Å². The van der Waals surface area contributed by atoms with Crippen LogP contribution in [-0.4, -0.2) is 68.5 Å². The second-order valence-corrected chi connectivity index (χ2v) is 18.5. The zero-order valence-corrected chi connectivity index (χ0v) is 37.8. The van der Waals surface area contributed by atoms with Gasteiger partial charge in [-0.2, -0.15) is 0 Å². The minimum atomic E-state index is -4.58. The number of carbonyl (C=O) groups excluding carboxylic acids is 1. The highest BCUT2D eigenvalue weighted by Crippen LogP contribution is 2.38. The van der Waals surface area contributed by atoms with Crippen LogP contribution in [0.3, 0.4) is 0 Å². The minimum Gasteiger partial charge on any atom is -0.756 e. The Balaban J connectivity index is 4.07. The van der Waals surface area contributed by atoms with Gasteiger partial charge in [0, 0.05) is 6.42 Å². The van der Waals surface area contributed by atoms with Crippen LogP contribution in [0.4, 0.5) is 0 Å². The first-order valence-corrected chi connectivity index (χ1v) is 24.7. The van der Waals surface area contributed by atoms with E-state index in [9.17, 15) is 19.4 Å². The maximum Gasteiger partial charge on any atom is 0.268 e. The van der Waals surface area contributed by atoms with Crippen LogP contribution in [-0.2, 0) is 18.4 Å². The van der Waals surface area contributed by atoms with Gasteiger partial charge in [0.25, 0.3) is 7.82 Å². The van der Waals surface area contributed by atoms with Gasteiger partial charge < -0.3 is 28.8 Å². The van der Waals surface area contributed by atoms with E-state index in [1.165, 1.54) is 154 Å². The lowest BCUT2D eigenvalue weighted by Crippen LogP contribution is -2.45. The van der Waals surface area contributed by atoms with Gasteiger partial charge in [-0.05, 0) is 25.7 Å². The number of nitrogens with one attached hydrogen (secondary N) is 1. The molecule has 0 heterocycles. The largest absolute Gasteiger partial charge is 0.756 e. The van der Waals surface area contributed by atoms with Crippen LogP contribution in [0, 0.1) is 0 Å². The van der Waals surface area contributed by atoms with Crippen LogP contribution in [0.15, 0.2) is 24.3 Å². The number of quaternary nitrogens is 1. The van der Waals surface area contributed by atoms with Crippen LogP contribution in [0.2, 0.25) is 0 Å². The molecule has 0 radical (unpaired) electrons. The average Bonchev–Trinajstić information content (AvgIpc) is 3.13. The zero-order valence-electron chi connectivity index (χ0n) is 36.9. The number of unbranched alkanes of at least 4 members (excludes halogenated alkanes) is 27. The normalized spacial score (nSPS) is 14.5. The molecule has 0 aliphatic heterocycles. The predicted molar refractivity (Wildman–Crippen MR) is 233 cm³/mol. The van der Waals surface area contributed by atoms with E-state index >= 15 is 0 Å². The number of amides is 1. The number of carbonyl (C=O) groups is 1. The first-order valence-electron chi connectivity index (χ1n) is 23.2. The first-order chi connectivity index (χ1) is 26.5. The summed E-state index contributed by atoms with van der Waals surface area (Å²) in [6.45, 7) is 4.56. The standard InChI is InChI=1S/C46H91N2O6P/c1-6-8-10-12-14-16-17-18-19-20-21-22-23-24-25-26-27-28-29-30-31-32-34-36-38-40-46(50)47-44(43-54-55(51,52)53-42-41-48(3,4)5)45(49)39-37-35-33-15-13-11-9-7-2/h13,15,37,39,44-45,49H,6-12,14,16-36,38,40-43H2,1-5H3,(H-,47,50,51,52)/b15-13+,39-37+. The Hall–Kier alpha value is -1.02. The fourth-order valence-electron chi connectivity index (χ4n) is 6.68. The second-order valence-electron chi connectivity index (χ2n) is 17.1. The van der Waals surface area contributed by atoms with Gasteiger partial charge in [-0.3, -0.25) is 9.36 Å². The molecule has 0 spiro atoms. The molecule has 0 saturated heterocycles. The smallest absolute Gasteiger partial charge is 0.268 e. The monoisotopic (exact) mass is 799 g/mol. The van der Waals surface area contributed by atoms with Crippen LogP contribution >= 0.6 is 7.82 Å². The fraction of sp³-hybridized carbons (Fsp3) is 0.891. The van der Waals surface area contributed by atoms with E-state index in [4.69, 9.17) is 9.05 Å². The van der Waals surface area contributed by atoms with Crippen LogP contribution < -0.4 is 10.2 Å². The van der Waals surface area contributed by atoms with E-state index in [0.29, 0.717) is 17.4 Å². The number of allylic oxidation sites excluding steroid dienone is 3. The third-order valence-corrected chi connectivity index (χ3v) is 11.4. The molecule has 0 saturated carbocycles. The van der Waals surface area contributed by atoms with Crippen molar-refractivity contribution < 1.29 is 32.9 Å². The van der Waals surface area contributed by atoms with Gasteiger partial charge in [-0.15, -0.1) is 0 Å². The highest BCUT2D eigenvalue weighted by Gasteiger charge is 2.23. The molecule has 8 nitrogen and oxygen atoms in total. The Labute approximate surface area is 341 Å². The van der Waals surface area contributed by atoms with Crippen molar-refractivity contribution in [1.29, 1.82) is 0 Å². The van der Waals surface area contributed by atoms with Crippen molar-refractivity contribution in [2.45, 2.75) is 225 Å². The van der Waals surface area contributed by atoms with Crippen molar-refractivity contribution in [3.63, 3.8) is 0 Å². The van der Waals surface area contributed by atoms with Crippen molar-refractivity contribution in [3.8, 4) is 0 Å². The zero-order chi connectivity index (χ0) is 40.7. The van der Waals surface area contributed by atoms with Gasteiger partial charge in [0.05, 0.1) is 39.9 Å². The number of rotatable bonds is 42. The summed E-state index contributed by atoms with van der Waals surface area (Å²) in [5.41, 5.74) is 0. The van der Waals surface area contributed by atoms with Crippen LogP contribution in [0.1, 0.15) is 213 Å². The summed E-state index contributed by atoms with van der Waals surface area (Å²) in [6, 6.07) is -0.896. The van der Waals surface area contributed by atoms with Gasteiger partial charge in [0.15, 0.2) is 0 Å². The highest BCUT2D eigenvalue weighted by atomic mass is 31.2. The lowest BCUT2D eigenvalue weighted by molar-refractivity contribution is -0.870. The van der Waals surface area contributed by atoms with E-state index in [2.05, 4.69) is 31.3 Å². The molecule has 55 heavy (non-hydrogen) atoms. The SMILES string of the molecule is CCCC/C=C/CC/C=C/C(O)C(COP(=O)([O-])OCC[N+](C)(C)C)NC(=O)CCCCCCCCCCCCCCCCCCCCCCCCCCC. The molecule has 326 valence electrons. The summed E-state index contributed by atoms with van der Waals surface area (Å²) in [5, 5.41) is 13.7. The molecular weight excluding hydrogens is 707 g/mol. The molecule has 0 aromatic carbocycles. The summed E-state index contributed by atoms with van der Waals surface area (Å²) in [6.07, 6.45) is 45.5. The average molecular weight is 799 g/mol. The molecule has 0 aromatic rings. The number of hydrogen-bond donors (Lipinski definition) is 2. The maximum atomic E-state index is 12.8. The summed E-state index contributed by atoms with van der Waals surface area (Å²) in [4.78, 5) is 25.2. The van der Waals surface area contributed by atoms with Crippen LogP contribution in [0.25, 0.3) is 0 Å². The number of likely N-dealkylation sites (N-methyl/N-ethyl adjacent to an activating group) is 1. The highest BCUT2D eigenvalue weighted by molar-refractivity contribution is 7.45. The maximum absolute atomic E-state index is 12.8. The van der Waals surface area contributed by atoms with Gasteiger partial charge in [0.1, 0.15) is 13.2 Å². The molecule has 0 aliphatic carbocycles. The van der Waals surface area contributed by atoms with Gasteiger partial charge in [-0.25, -0.2) is 0 Å². The third kappa shape index (κ3) is 41.0. The summed E-state index contributed by atoms with van der Waals surface area (Å²) >= 11 is 0. The molecule has 1 amide bonds. The van der Waals surface area contributed by atoms with E-state index in [-0.39, 0.29) is 12.5 Å². The van der Waals surface area contributed by atoms with Crippen molar-refractivity contribution in [2.24, 2.45) is 0 Å². The van der Waals surface area contributed by atoms with E-state index in [1.54, 1.807) is 6.08 Å². The van der Waals surface area contributed by atoms with Gasteiger partial charge in [-0.1, -0.05) is 205 Å². The molecule has 2 N–H and O–H groups in total. The van der Waals surface area contributed by atoms with Crippen molar-refractivity contribution in [2.75, 3.05) is 40.9 Å². The van der Waals surface area contributed by atoms with Crippen molar-refractivity contribution in [3.05, 3.63) is 24.3 Å². The van der Waals surface area contributed by atoms with Crippen LogP contribution in [0.5, 0.6) is 0 Å². The summed E-state index contributed by atoms with van der Waals surface area (Å²) in [5.74, 6) is -0.208. The fourth-order valence-corrected chi connectivity index (χ4v) is 7.41. The number of phosphoric acid groups is 1. The number of aliphatic hydroxyl groups is 1. The molecule has 0 rings (SSSR count). The van der Waals surface area contributed by atoms with Gasteiger partial charge in [0.2, 0.25) is 5.91 Å². The Morgan fingerprint density at radius 3 is 1.45 bits per heavy atom. The minimum absolute atomic E-state index is 0.00484. The third-order valence-electron chi connectivity index (χ3n) is 10.4. The predicted octanol–water partition coefficient (Wildman–Crippen LogP) is 12.3. The molecule has 3 atom stereocenters. The molecule has 9 heteroatoms. The molecular formula is C46H91N2O6P. The Morgan fingerprint density at radius 2 is 1.02 bits per heavy atom. The topological polar surface area (TPSA) is 108 Å². The van der Waals surface area contributed by atoms with Crippen molar-refractivity contribution >= 4 is 13.7 Å². The number of phosphoric ester groups is 1.